The van der Waals surface area contributed by atoms with Crippen LogP contribution in [0.5, 0.6) is 0 Å². The van der Waals surface area contributed by atoms with Crippen molar-refractivity contribution in [2.45, 2.75) is 43.3 Å². The highest BCUT2D eigenvalue weighted by atomic mass is 35.5. The monoisotopic (exact) mass is 491 g/mol. The Morgan fingerprint density at radius 1 is 1.30 bits per heavy atom. The lowest BCUT2D eigenvalue weighted by Crippen LogP contribution is -2.52. The van der Waals surface area contributed by atoms with E-state index in [-0.39, 0.29) is 29.1 Å². The zero-order chi connectivity index (χ0) is 23.5. The molecule has 0 aromatic heterocycles. The maximum atomic E-state index is 15.5. The molecule has 33 heavy (non-hydrogen) atoms. The Bertz CT molecular complexity index is 1140. The number of carboxylic acid groups (broad SMARTS) is 1. The average Bonchev–Trinajstić information content (AvgIpc) is 3.49. The van der Waals surface area contributed by atoms with Crippen molar-refractivity contribution in [2.75, 3.05) is 18.4 Å². The lowest BCUT2D eigenvalue weighted by Gasteiger charge is -2.39. The molecule has 0 bridgehead atoms. The Morgan fingerprint density at radius 2 is 2.06 bits per heavy atom. The van der Waals surface area contributed by atoms with Crippen LogP contribution in [0.3, 0.4) is 0 Å². The molecule has 0 radical (unpaired) electrons. The molecular weight excluding hydrogens is 468 g/mol. The second-order valence-corrected chi connectivity index (χ2v) is 10.0. The van der Waals surface area contributed by atoms with Crippen molar-refractivity contribution in [3.05, 3.63) is 63.4 Å². The molecule has 1 saturated heterocycles. The number of amides is 1. The number of nitrogens with one attached hydrogen (secondary N) is 2. The van der Waals surface area contributed by atoms with Gasteiger partial charge in [0.15, 0.2) is 0 Å². The summed E-state index contributed by atoms with van der Waals surface area (Å²) in [6.07, 6.45) is 2.13. The van der Waals surface area contributed by atoms with Gasteiger partial charge in [0.25, 0.3) is 0 Å². The third-order valence-electron chi connectivity index (χ3n) is 7.22. The lowest BCUT2D eigenvalue weighted by molar-refractivity contribution is -0.136. The molecule has 3 N–H and O–H groups in total. The Labute approximate surface area is 201 Å². The van der Waals surface area contributed by atoms with Gasteiger partial charge in [0, 0.05) is 40.8 Å². The van der Waals surface area contributed by atoms with Gasteiger partial charge in [0.05, 0.1) is 11.6 Å². The number of rotatable bonds is 6. The molecule has 2 aromatic carbocycles. The number of benzene rings is 2. The van der Waals surface area contributed by atoms with E-state index in [1.54, 1.807) is 24.3 Å². The van der Waals surface area contributed by atoms with Crippen molar-refractivity contribution < 1.29 is 19.1 Å². The molecule has 2 aliphatic heterocycles. The smallest absolute Gasteiger partial charge is 0.317 e. The molecule has 1 saturated carbocycles. The largest absolute Gasteiger partial charge is 0.480 e. The van der Waals surface area contributed by atoms with Crippen molar-refractivity contribution >= 4 is 40.8 Å². The number of likely N-dealkylation sites (tertiary alicyclic amines) is 1. The number of aliphatic carboxylic acids is 1. The third-order valence-corrected chi connectivity index (χ3v) is 7.74. The minimum absolute atomic E-state index is 0.0392. The number of anilines is 1. The van der Waals surface area contributed by atoms with Gasteiger partial charge < -0.3 is 15.7 Å². The van der Waals surface area contributed by atoms with Crippen LogP contribution in [0.15, 0.2) is 36.4 Å². The quantitative estimate of drug-likeness (QED) is 0.563. The molecule has 174 valence electrons. The number of carbonyl (C=O) groups is 2. The number of carbonyl (C=O) groups excluding carboxylic acids is 1. The Balaban J connectivity index is 1.76. The molecule has 5 rings (SSSR count). The molecule has 9 heteroatoms. The van der Waals surface area contributed by atoms with Crippen molar-refractivity contribution in [1.29, 1.82) is 0 Å². The number of carboxylic acids is 1. The first-order chi connectivity index (χ1) is 15.7. The first-order valence-electron chi connectivity index (χ1n) is 11.0. The predicted octanol–water partition coefficient (Wildman–Crippen LogP) is 4.22. The summed E-state index contributed by atoms with van der Waals surface area (Å²) in [4.78, 5) is 27.5. The third kappa shape index (κ3) is 3.53. The van der Waals surface area contributed by atoms with Gasteiger partial charge in [-0.2, -0.15) is 0 Å². The van der Waals surface area contributed by atoms with Gasteiger partial charge in [-0.15, -0.1) is 0 Å². The Kier molecular flexibility index (Phi) is 5.64. The summed E-state index contributed by atoms with van der Waals surface area (Å²) >= 11 is 12.4. The molecule has 2 fully saturated rings. The maximum Gasteiger partial charge on any atom is 0.317 e. The van der Waals surface area contributed by atoms with Crippen LogP contribution in [0.2, 0.25) is 10.0 Å². The van der Waals surface area contributed by atoms with Crippen molar-refractivity contribution in [2.24, 2.45) is 5.92 Å². The minimum Gasteiger partial charge on any atom is -0.480 e. The van der Waals surface area contributed by atoms with Crippen molar-refractivity contribution in [3.63, 3.8) is 0 Å². The van der Waals surface area contributed by atoms with Gasteiger partial charge in [-0.25, -0.2) is 4.39 Å². The highest BCUT2D eigenvalue weighted by Gasteiger charge is 2.66. The molecule has 0 unspecified atom stereocenters. The molecule has 1 spiro atoms. The first-order valence-corrected chi connectivity index (χ1v) is 11.8. The molecule has 2 heterocycles. The van der Waals surface area contributed by atoms with E-state index in [9.17, 15) is 14.7 Å². The minimum atomic E-state index is -1.23. The van der Waals surface area contributed by atoms with Crippen LogP contribution in [-0.4, -0.2) is 47.1 Å². The molecular formula is C24H24Cl2FN3O3. The van der Waals surface area contributed by atoms with Crippen molar-refractivity contribution in [3.8, 4) is 0 Å². The second-order valence-electron chi connectivity index (χ2n) is 9.17. The normalized spacial score (nSPS) is 28.8. The van der Waals surface area contributed by atoms with E-state index in [1.165, 1.54) is 6.07 Å². The van der Waals surface area contributed by atoms with Gasteiger partial charge in [-0.3, -0.25) is 14.5 Å². The summed E-state index contributed by atoms with van der Waals surface area (Å²) in [5.41, 5.74) is 0.359. The van der Waals surface area contributed by atoms with E-state index >= 15 is 4.39 Å². The van der Waals surface area contributed by atoms with Gasteiger partial charge in [-0.1, -0.05) is 41.4 Å². The molecule has 3 aliphatic rings. The van der Waals surface area contributed by atoms with E-state index in [0.717, 1.165) is 12.8 Å². The van der Waals surface area contributed by atoms with Gasteiger partial charge in [0.2, 0.25) is 5.91 Å². The summed E-state index contributed by atoms with van der Waals surface area (Å²) < 4.78 is 15.5. The maximum absolute atomic E-state index is 15.5. The summed E-state index contributed by atoms with van der Waals surface area (Å²) in [7, 11) is 0. The molecule has 4 atom stereocenters. The van der Waals surface area contributed by atoms with E-state index in [1.807, 2.05) is 13.0 Å². The van der Waals surface area contributed by atoms with Gasteiger partial charge >= 0.3 is 5.97 Å². The highest BCUT2D eigenvalue weighted by Crippen LogP contribution is 2.58. The topological polar surface area (TPSA) is 81.7 Å². The Morgan fingerprint density at radius 3 is 2.76 bits per heavy atom. The molecule has 1 aliphatic carbocycles. The fourth-order valence-electron chi connectivity index (χ4n) is 5.68. The average molecular weight is 492 g/mol. The molecule has 1 amide bonds. The number of fused-ring (bicyclic) bond motifs is 2. The SMILES string of the molecule is C[C@H]1[C@@H](NCC(=O)O)[C@H](c2cccc(Cl)c2F)[C@]2(C(=O)Nc3cc(Cl)ccc32)N1CC1CC1. The fourth-order valence-corrected chi connectivity index (χ4v) is 6.03. The van der Waals surface area contributed by atoms with E-state index in [4.69, 9.17) is 23.2 Å². The van der Waals surface area contributed by atoms with Crippen LogP contribution in [-0.2, 0) is 15.1 Å². The predicted molar refractivity (Wildman–Crippen MR) is 124 cm³/mol. The number of hydrogen-bond donors (Lipinski definition) is 3. The zero-order valence-corrected chi connectivity index (χ0v) is 19.5. The summed E-state index contributed by atoms with van der Waals surface area (Å²) in [5.74, 6) is -2.16. The zero-order valence-electron chi connectivity index (χ0n) is 17.9. The highest BCUT2D eigenvalue weighted by molar-refractivity contribution is 6.31. The summed E-state index contributed by atoms with van der Waals surface area (Å²) in [6.45, 7) is 2.31. The number of hydrogen-bond acceptors (Lipinski definition) is 4. The fraction of sp³-hybridized carbons (Fsp3) is 0.417. The lowest BCUT2D eigenvalue weighted by atomic mass is 9.73. The Hall–Kier alpha value is -2.19. The van der Waals surface area contributed by atoms with Gasteiger partial charge in [0.1, 0.15) is 11.4 Å². The molecule has 6 nitrogen and oxygen atoms in total. The van der Waals surface area contributed by atoms with E-state index in [0.29, 0.717) is 28.7 Å². The van der Waals surface area contributed by atoms with Crippen LogP contribution >= 0.6 is 23.2 Å². The number of nitrogens with zero attached hydrogens (tertiary/aromatic N) is 1. The van der Waals surface area contributed by atoms with Crippen LogP contribution in [0, 0.1) is 11.7 Å². The number of halogens is 3. The molecule has 2 aromatic rings. The summed E-state index contributed by atoms with van der Waals surface area (Å²) in [5, 5.41) is 15.9. The van der Waals surface area contributed by atoms with Crippen LogP contribution < -0.4 is 10.6 Å². The van der Waals surface area contributed by atoms with Crippen LogP contribution in [0.1, 0.15) is 36.8 Å². The van der Waals surface area contributed by atoms with E-state index in [2.05, 4.69) is 15.5 Å². The first kappa shape index (κ1) is 22.6. The summed E-state index contributed by atoms with van der Waals surface area (Å²) in [6, 6.07) is 9.25. The van der Waals surface area contributed by atoms with E-state index < -0.39 is 29.3 Å². The van der Waals surface area contributed by atoms with Crippen LogP contribution in [0.25, 0.3) is 0 Å². The van der Waals surface area contributed by atoms with Crippen molar-refractivity contribution in [1.82, 2.24) is 10.2 Å². The standard InChI is InChI=1S/C24H24Cl2FN3O3/c1-12-22(28-10-19(31)32)20(15-3-2-4-17(26)21(15)27)24(30(12)11-13-5-6-13)16-8-7-14(25)9-18(16)29-23(24)33/h2-4,7-9,12-13,20,22,28H,5-6,10-11H2,1H3,(H,29,33)(H,31,32)/t12-,20-,22+,24+/m0/s1. The van der Waals surface area contributed by atoms with Gasteiger partial charge in [-0.05, 0) is 49.4 Å². The van der Waals surface area contributed by atoms with Crippen LogP contribution in [0.4, 0.5) is 10.1 Å². The second kappa shape index (κ2) is 8.24.